The zero-order valence-corrected chi connectivity index (χ0v) is 4.96. The summed E-state index contributed by atoms with van der Waals surface area (Å²) in [4.78, 5) is 3.53. The SMILES string of the molecule is C=NCN(CO)NC. The molecule has 48 valence electrons. The fourth-order valence-corrected chi connectivity index (χ4v) is 0.307. The molecule has 0 atom stereocenters. The number of rotatable bonds is 4. The molecule has 0 bridgehead atoms. The summed E-state index contributed by atoms with van der Waals surface area (Å²) in [6.07, 6.45) is 0. The lowest BCUT2D eigenvalue weighted by atomic mass is 10.9. The molecule has 0 rings (SSSR count). The maximum atomic E-state index is 8.43. The van der Waals surface area contributed by atoms with Gasteiger partial charge in [-0.1, -0.05) is 0 Å². The van der Waals surface area contributed by atoms with Crippen LogP contribution < -0.4 is 5.43 Å². The second-order valence-electron chi connectivity index (χ2n) is 1.27. The van der Waals surface area contributed by atoms with Crippen molar-refractivity contribution < 1.29 is 5.11 Å². The van der Waals surface area contributed by atoms with Crippen molar-refractivity contribution in [2.24, 2.45) is 4.99 Å². The van der Waals surface area contributed by atoms with Crippen LogP contribution in [0.1, 0.15) is 0 Å². The molecule has 0 saturated heterocycles. The van der Waals surface area contributed by atoms with Gasteiger partial charge in [0.05, 0.1) is 0 Å². The van der Waals surface area contributed by atoms with Gasteiger partial charge in [-0.25, -0.2) is 0 Å². The molecule has 0 aromatic rings. The Morgan fingerprint density at radius 1 is 1.88 bits per heavy atom. The Hall–Kier alpha value is -0.450. The number of hydrogen-bond donors (Lipinski definition) is 2. The molecule has 0 heterocycles. The van der Waals surface area contributed by atoms with Crippen molar-refractivity contribution in [2.75, 3.05) is 20.4 Å². The van der Waals surface area contributed by atoms with Gasteiger partial charge in [0, 0.05) is 0 Å². The molecule has 0 aliphatic carbocycles. The van der Waals surface area contributed by atoms with Crippen molar-refractivity contribution in [2.45, 2.75) is 0 Å². The first-order valence-electron chi connectivity index (χ1n) is 2.30. The molecule has 8 heavy (non-hydrogen) atoms. The van der Waals surface area contributed by atoms with Crippen LogP contribution >= 0.6 is 0 Å². The van der Waals surface area contributed by atoms with E-state index in [0.29, 0.717) is 6.67 Å². The maximum absolute atomic E-state index is 8.43. The lowest BCUT2D eigenvalue weighted by molar-refractivity contribution is 0.0732. The van der Waals surface area contributed by atoms with E-state index in [9.17, 15) is 0 Å². The Kier molecular flexibility index (Phi) is 4.44. The van der Waals surface area contributed by atoms with Crippen LogP contribution in [0.5, 0.6) is 0 Å². The van der Waals surface area contributed by atoms with Gasteiger partial charge in [0.1, 0.15) is 13.4 Å². The molecule has 0 radical (unpaired) electrons. The van der Waals surface area contributed by atoms with E-state index in [2.05, 4.69) is 17.1 Å². The Bertz CT molecular complexity index is 62.3. The summed E-state index contributed by atoms with van der Waals surface area (Å²) in [6, 6.07) is 0. The third-order valence-electron chi connectivity index (χ3n) is 0.758. The summed E-state index contributed by atoms with van der Waals surface area (Å²) < 4.78 is 0. The normalized spacial score (nSPS) is 9.88. The molecular formula is C4H11N3O. The molecule has 0 aliphatic rings. The van der Waals surface area contributed by atoms with Crippen LogP contribution in [0.2, 0.25) is 0 Å². The van der Waals surface area contributed by atoms with E-state index in [-0.39, 0.29) is 6.73 Å². The van der Waals surface area contributed by atoms with Gasteiger partial charge in [-0.05, 0) is 13.8 Å². The van der Waals surface area contributed by atoms with Gasteiger partial charge < -0.3 is 5.11 Å². The molecule has 4 nitrogen and oxygen atoms in total. The van der Waals surface area contributed by atoms with Crippen molar-refractivity contribution in [1.82, 2.24) is 10.4 Å². The molecule has 0 fully saturated rings. The molecule has 0 amide bonds. The van der Waals surface area contributed by atoms with Gasteiger partial charge in [-0.3, -0.25) is 10.4 Å². The van der Waals surface area contributed by atoms with Gasteiger partial charge >= 0.3 is 0 Å². The van der Waals surface area contributed by atoms with E-state index in [4.69, 9.17) is 5.11 Å². The number of aliphatic imine (C=N–C) groups is 1. The standard InChI is InChI=1S/C4H11N3O/c1-5-3-7(4-8)6-2/h6,8H,1,3-4H2,2H3. The van der Waals surface area contributed by atoms with E-state index in [1.165, 1.54) is 5.01 Å². The lowest BCUT2D eigenvalue weighted by Gasteiger charge is -2.13. The van der Waals surface area contributed by atoms with Crippen molar-refractivity contribution in [1.29, 1.82) is 0 Å². The summed E-state index contributed by atoms with van der Waals surface area (Å²) in [5.74, 6) is 0. The molecule has 0 aromatic carbocycles. The van der Waals surface area contributed by atoms with Crippen LogP contribution in [0.3, 0.4) is 0 Å². The molecule has 0 saturated carbocycles. The minimum absolute atomic E-state index is 0.0461. The Morgan fingerprint density at radius 3 is 2.62 bits per heavy atom. The van der Waals surface area contributed by atoms with Crippen molar-refractivity contribution in [3.05, 3.63) is 0 Å². The van der Waals surface area contributed by atoms with E-state index in [1.54, 1.807) is 7.05 Å². The summed E-state index contributed by atoms with van der Waals surface area (Å²) >= 11 is 0. The van der Waals surface area contributed by atoms with Gasteiger partial charge in [-0.2, -0.15) is 5.01 Å². The van der Waals surface area contributed by atoms with Crippen LogP contribution in [0.4, 0.5) is 0 Å². The highest BCUT2D eigenvalue weighted by Crippen LogP contribution is 1.74. The zero-order valence-electron chi connectivity index (χ0n) is 4.96. The van der Waals surface area contributed by atoms with E-state index in [0.717, 1.165) is 0 Å². The second kappa shape index (κ2) is 4.70. The number of aliphatic hydroxyl groups is 1. The van der Waals surface area contributed by atoms with E-state index >= 15 is 0 Å². The minimum atomic E-state index is -0.0461. The Labute approximate surface area is 48.8 Å². The first-order valence-corrected chi connectivity index (χ1v) is 2.30. The highest BCUT2D eigenvalue weighted by Gasteiger charge is 1.92. The molecule has 0 unspecified atom stereocenters. The number of hydrazine groups is 1. The van der Waals surface area contributed by atoms with Gasteiger partial charge in [0.25, 0.3) is 0 Å². The monoisotopic (exact) mass is 117 g/mol. The van der Waals surface area contributed by atoms with Crippen LogP contribution in [0.15, 0.2) is 4.99 Å². The predicted molar refractivity (Wildman–Crippen MR) is 32.4 cm³/mol. The molecular weight excluding hydrogens is 106 g/mol. The van der Waals surface area contributed by atoms with Crippen molar-refractivity contribution in [3.63, 3.8) is 0 Å². The molecule has 4 heteroatoms. The Balaban J connectivity index is 3.20. The highest BCUT2D eigenvalue weighted by molar-refractivity contribution is 5.22. The van der Waals surface area contributed by atoms with Gasteiger partial charge in [0.2, 0.25) is 0 Å². The average molecular weight is 117 g/mol. The minimum Gasteiger partial charge on any atom is -0.380 e. The first kappa shape index (κ1) is 7.55. The van der Waals surface area contributed by atoms with Gasteiger partial charge in [0.15, 0.2) is 0 Å². The Morgan fingerprint density at radius 2 is 2.50 bits per heavy atom. The quantitative estimate of drug-likeness (QED) is 0.283. The van der Waals surface area contributed by atoms with Crippen LogP contribution in [0.25, 0.3) is 0 Å². The summed E-state index contributed by atoms with van der Waals surface area (Å²) in [5.41, 5.74) is 2.70. The van der Waals surface area contributed by atoms with E-state index in [1.807, 2.05) is 0 Å². The fourth-order valence-electron chi connectivity index (χ4n) is 0.307. The number of nitrogens with one attached hydrogen (secondary N) is 1. The number of aliphatic hydroxyl groups excluding tert-OH is 1. The largest absolute Gasteiger partial charge is 0.380 e. The van der Waals surface area contributed by atoms with E-state index < -0.39 is 0 Å². The maximum Gasteiger partial charge on any atom is 0.110 e. The van der Waals surface area contributed by atoms with Gasteiger partial charge in [-0.15, -0.1) is 0 Å². The average Bonchev–Trinajstić information content (AvgIpc) is 1.83. The predicted octanol–water partition coefficient (Wildman–Crippen LogP) is -0.969. The third kappa shape index (κ3) is 2.68. The first-order chi connectivity index (χ1) is 3.85. The van der Waals surface area contributed by atoms with Crippen LogP contribution in [0, 0.1) is 0 Å². The zero-order chi connectivity index (χ0) is 6.41. The van der Waals surface area contributed by atoms with Crippen LogP contribution in [-0.2, 0) is 0 Å². The van der Waals surface area contributed by atoms with Crippen molar-refractivity contribution in [3.8, 4) is 0 Å². The smallest absolute Gasteiger partial charge is 0.110 e. The molecule has 0 spiro atoms. The fraction of sp³-hybridized carbons (Fsp3) is 0.750. The number of nitrogens with zero attached hydrogens (tertiary/aromatic N) is 2. The highest BCUT2D eigenvalue weighted by atomic mass is 16.3. The third-order valence-corrected chi connectivity index (χ3v) is 0.758. The molecule has 2 N–H and O–H groups in total. The number of hydrogen-bond acceptors (Lipinski definition) is 4. The topological polar surface area (TPSA) is 47.9 Å². The summed E-state index contributed by atoms with van der Waals surface area (Å²) in [7, 11) is 1.71. The second-order valence-corrected chi connectivity index (χ2v) is 1.27. The molecule has 0 aromatic heterocycles. The van der Waals surface area contributed by atoms with Crippen molar-refractivity contribution >= 4 is 6.72 Å². The summed E-state index contributed by atoms with van der Waals surface area (Å²) in [6.45, 7) is 3.62. The summed E-state index contributed by atoms with van der Waals surface area (Å²) in [5, 5.41) is 9.94. The van der Waals surface area contributed by atoms with Crippen LogP contribution in [-0.4, -0.2) is 37.3 Å². The lowest BCUT2D eigenvalue weighted by Crippen LogP contribution is -2.35. The molecule has 0 aliphatic heterocycles.